The van der Waals surface area contributed by atoms with E-state index in [1.54, 1.807) is 0 Å². The Kier molecular flexibility index (Phi) is 8.32. The van der Waals surface area contributed by atoms with Gasteiger partial charge in [-0.1, -0.05) is 152 Å². The fraction of sp³-hybridized carbons (Fsp3) is 0. The minimum atomic E-state index is 0.621. The van der Waals surface area contributed by atoms with E-state index in [1.807, 2.05) is 29.5 Å². The Labute approximate surface area is 372 Å². The smallest absolute Gasteiger partial charge is 0.164 e. The highest BCUT2D eigenvalue weighted by molar-refractivity contribution is 7.26. The second kappa shape index (κ2) is 14.7. The van der Waals surface area contributed by atoms with Gasteiger partial charge in [0.15, 0.2) is 17.5 Å². The van der Waals surface area contributed by atoms with Crippen LogP contribution >= 0.6 is 11.3 Å². The van der Waals surface area contributed by atoms with E-state index in [2.05, 4.69) is 199 Å². The number of nitrogens with zero attached hydrogens (tertiary/aromatic N) is 5. The zero-order valence-electron chi connectivity index (χ0n) is 34.4. The minimum Gasteiger partial charge on any atom is -0.309 e. The molecule has 298 valence electrons. The molecule has 0 aliphatic carbocycles. The third-order valence-electron chi connectivity index (χ3n) is 12.4. The van der Waals surface area contributed by atoms with Gasteiger partial charge in [-0.05, 0) is 71.8 Å². The van der Waals surface area contributed by atoms with Crippen LogP contribution in [0.15, 0.2) is 212 Å². The van der Waals surface area contributed by atoms with Crippen molar-refractivity contribution in [1.29, 1.82) is 0 Å². The molecule has 0 unspecified atom stereocenters. The normalized spacial score (nSPS) is 11.8. The molecule has 0 saturated heterocycles. The fourth-order valence-electron chi connectivity index (χ4n) is 9.43. The Morgan fingerprint density at radius 2 is 0.875 bits per heavy atom. The van der Waals surface area contributed by atoms with E-state index in [-0.39, 0.29) is 0 Å². The average molecular weight is 834 g/mol. The van der Waals surface area contributed by atoms with Gasteiger partial charge in [0.25, 0.3) is 0 Å². The van der Waals surface area contributed by atoms with E-state index in [1.165, 1.54) is 30.9 Å². The summed E-state index contributed by atoms with van der Waals surface area (Å²) in [5.74, 6) is 1.88. The molecule has 0 spiro atoms. The predicted octanol–water partition coefficient (Wildman–Crippen LogP) is 15.4. The molecule has 0 aliphatic rings. The largest absolute Gasteiger partial charge is 0.309 e. The molecule has 4 aromatic heterocycles. The lowest BCUT2D eigenvalue weighted by atomic mass is 9.94. The van der Waals surface area contributed by atoms with Crippen molar-refractivity contribution >= 4 is 75.0 Å². The SMILES string of the molecule is c1ccc(-c2nc(-c3ccc(-c4ccc5nc(-c6ccccc6)c6ccc7sc8ccccc8c7c6c5c4)cc3)nc(-c3ccc4c(c3)c3ccccc3n4-c3ccccc3)n2)cc1. The first kappa shape index (κ1) is 36.3. The maximum Gasteiger partial charge on any atom is 0.164 e. The van der Waals surface area contributed by atoms with Crippen molar-refractivity contribution in [2.24, 2.45) is 0 Å². The van der Waals surface area contributed by atoms with Crippen LogP contribution in [0, 0.1) is 0 Å². The third kappa shape index (κ3) is 5.92. The summed E-state index contributed by atoms with van der Waals surface area (Å²) >= 11 is 1.85. The molecule has 13 aromatic rings. The Hall–Kier alpha value is -8.32. The molecular weight excluding hydrogens is 799 g/mol. The standard InChI is InChI=1S/C58H35N5S/c1-4-14-37(15-5-1)55-45-30-33-52-54(44-21-11-13-23-51(44)64-52)53(45)47-34-40(28-31-48(47)59-55)36-24-26-39(27-25-36)57-60-56(38-16-6-2-7-17-38)61-58(62-57)41-29-32-50-46(35-41)43-20-10-12-22-49(43)63(50)42-18-8-3-9-19-42/h1-35H. The van der Waals surface area contributed by atoms with Crippen molar-refractivity contribution in [2.45, 2.75) is 0 Å². The first-order valence-electron chi connectivity index (χ1n) is 21.5. The average Bonchev–Trinajstić information content (AvgIpc) is 3.92. The molecule has 0 radical (unpaired) electrons. The summed E-state index contributed by atoms with van der Waals surface area (Å²) < 4.78 is 4.89. The van der Waals surface area contributed by atoms with E-state index in [0.717, 1.165) is 77.5 Å². The lowest BCUT2D eigenvalue weighted by Gasteiger charge is -2.13. The van der Waals surface area contributed by atoms with Crippen LogP contribution in [0.5, 0.6) is 0 Å². The summed E-state index contributed by atoms with van der Waals surface area (Å²) in [7, 11) is 0. The van der Waals surface area contributed by atoms with Crippen molar-refractivity contribution in [3.05, 3.63) is 212 Å². The van der Waals surface area contributed by atoms with Gasteiger partial charge in [-0.25, -0.2) is 19.9 Å². The number of fused-ring (bicyclic) bond motifs is 10. The molecule has 5 nitrogen and oxygen atoms in total. The fourth-order valence-corrected chi connectivity index (χ4v) is 10.5. The van der Waals surface area contributed by atoms with Crippen LogP contribution in [0.4, 0.5) is 0 Å². The van der Waals surface area contributed by atoms with E-state index >= 15 is 0 Å². The quantitative estimate of drug-likeness (QED) is 0.157. The molecule has 64 heavy (non-hydrogen) atoms. The van der Waals surface area contributed by atoms with Gasteiger partial charge in [-0.15, -0.1) is 11.3 Å². The Bertz CT molecular complexity index is 3930. The zero-order valence-corrected chi connectivity index (χ0v) is 35.2. The highest BCUT2D eigenvalue weighted by atomic mass is 32.1. The molecule has 0 N–H and O–H groups in total. The third-order valence-corrected chi connectivity index (χ3v) is 13.6. The number of para-hydroxylation sites is 2. The number of hydrogen-bond acceptors (Lipinski definition) is 5. The molecule has 0 bridgehead atoms. The molecule has 0 aliphatic heterocycles. The summed E-state index contributed by atoms with van der Waals surface area (Å²) in [6.07, 6.45) is 0. The van der Waals surface area contributed by atoms with Gasteiger partial charge in [0.05, 0.1) is 22.2 Å². The monoisotopic (exact) mass is 833 g/mol. The number of hydrogen-bond donors (Lipinski definition) is 0. The van der Waals surface area contributed by atoms with Crippen molar-refractivity contribution in [3.8, 4) is 62.2 Å². The lowest BCUT2D eigenvalue weighted by Crippen LogP contribution is -2.00. The van der Waals surface area contributed by atoms with Gasteiger partial charge in [-0.2, -0.15) is 0 Å². The van der Waals surface area contributed by atoms with Crippen molar-refractivity contribution in [1.82, 2.24) is 24.5 Å². The number of thiophene rings is 1. The van der Waals surface area contributed by atoms with Crippen LogP contribution in [0.25, 0.3) is 126 Å². The number of pyridine rings is 1. The van der Waals surface area contributed by atoms with Gasteiger partial charge < -0.3 is 4.57 Å². The second-order valence-corrected chi connectivity index (χ2v) is 17.3. The summed E-state index contributed by atoms with van der Waals surface area (Å²) in [6.45, 7) is 0. The summed E-state index contributed by atoms with van der Waals surface area (Å²) in [4.78, 5) is 20.7. The molecule has 0 atom stereocenters. The predicted molar refractivity (Wildman–Crippen MR) is 267 cm³/mol. The van der Waals surface area contributed by atoms with Gasteiger partial charge in [-0.3, -0.25) is 0 Å². The molecular formula is C58H35N5S. The van der Waals surface area contributed by atoms with Crippen LogP contribution in [0.2, 0.25) is 0 Å². The molecule has 0 amide bonds. The van der Waals surface area contributed by atoms with E-state index in [9.17, 15) is 0 Å². The first-order chi connectivity index (χ1) is 31.7. The molecule has 0 fully saturated rings. The van der Waals surface area contributed by atoms with Crippen LogP contribution in [-0.4, -0.2) is 24.5 Å². The van der Waals surface area contributed by atoms with E-state index in [0.29, 0.717) is 17.5 Å². The number of benzene rings is 9. The van der Waals surface area contributed by atoms with Crippen molar-refractivity contribution in [2.75, 3.05) is 0 Å². The lowest BCUT2D eigenvalue weighted by molar-refractivity contribution is 1.07. The van der Waals surface area contributed by atoms with Gasteiger partial charge in [0.2, 0.25) is 0 Å². The van der Waals surface area contributed by atoms with Gasteiger partial charge in [0, 0.05) is 75.0 Å². The molecule has 4 heterocycles. The molecule has 0 saturated carbocycles. The highest BCUT2D eigenvalue weighted by Gasteiger charge is 2.19. The van der Waals surface area contributed by atoms with Crippen LogP contribution < -0.4 is 0 Å². The zero-order chi connectivity index (χ0) is 42.1. The van der Waals surface area contributed by atoms with Crippen LogP contribution in [-0.2, 0) is 0 Å². The van der Waals surface area contributed by atoms with E-state index < -0.39 is 0 Å². The number of aromatic nitrogens is 5. The van der Waals surface area contributed by atoms with Crippen LogP contribution in [0.3, 0.4) is 0 Å². The topological polar surface area (TPSA) is 56.5 Å². The van der Waals surface area contributed by atoms with Crippen molar-refractivity contribution in [3.63, 3.8) is 0 Å². The van der Waals surface area contributed by atoms with Gasteiger partial charge in [0.1, 0.15) is 0 Å². The summed E-state index contributed by atoms with van der Waals surface area (Å²) in [6, 6.07) is 74.9. The second-order valence-electron chi connectivity index (χ2n) is 16.2. The maximum absolute atomic E-state index is 5.33. The Morgan fingerprint density at radius 3 is 1.64 bits per heavy atom. The summed E-state index contributed by atoms with van der Waals surface area (Å²) in [5, 5.41) is 8.43. The first-order valence-corrected chi connectivity index (χ1v) is 22.3. The molecule has 6 heteroatoms. The van der Waals surface area contributed by atoms with Gasteiger partial charge >= 0.3 is 0 Å². The Morgan fingerprint density at radius 1 is 0.312 bits per heavy atom. The Balaban J connectivity index is 0.942. The van der Waals surface area contributed by atoms with Crippen molar-refractivity contribution < 1.29 is 0 Å². The summed E-state index contributed by atoms with van der Waals surface area (Å²) in [5.41, 5.74) is 11.5. The molecule has 13 rings (SSSR count). The maximum atomic E-state index is 5.33. The minimum absolute atomic E-state index is 0.621. The molecule has 9 aromatic carbocycles. The van der Waals surface area contributed by atoms with Crippen LogP contribution in [0.1, 0.15) is 0 Å². The highest BCUT2D eigenvalue weighted by Crippen LogP contribution is 2.44. The number of rotatable bonds is 6. The van der Waals surface area contributed by atoms with E-state index in [4.69, 9.17) is 19.9 Å².